The van der Waals surface area contributed by atoms with Crippen molar-refractivity contribution < 1.29 is 33.9 Å². The average Bonchev–Trinajstić information content (AvgIpc) is 3.75. The summed E-state index contributed by atoms with van der Waals surface area (Å²) in [6.45, 7) is 7.33. The molecule has 50 heavy (non-hydrogen) atoms. The molecule has 17 nitrogen and oxygen atoms in total. The van der Waals surface area contributed by atoms with Crippen molar-refractivity contribution in [1.82, 2.24) is 46.5 Å². The van der Waals surface area contributed by atoms with Crippen LogP contribution in [0.5, 0.6) is 0 Å². The van der Waals surface area contributed by atoms with Crippen molar-refractivity contribution in [1.29, 1.82) is 0 Å². The Kier molecular flexibility index (Phi) is 16.2. The number of hydrogen-bond acceptors (Lipinski definition) is 10. The normalized spacial score (nSPS) is 13.2. The molecule has 3 rings (SSSR count). The summed E-state index contributed by atoms with van der Waals surface area (Å²) in [5, 5.41) is 23.1. The highest BCUT2D eigenvalue weighted by Crippen LogP contribution is 2.10. The van der Waals surface area contributed by atoms with Gasteiger partial charge in [0.15, 0.2) is 17.2 Å². The van der Waals surface area contributed by atoms with Crippen molar-refractivity contribution in [2.45, 2.75) is 64.7 Å². The molecular formula is C32H45ClN10O7. The largest absolute Gasteiger partial charge is 0.480 e. The van der Waals surface area contributed by atoms with Crippen LogP contribution in [0.3, 0.4) is 0 Å². The predicted octanol–water partition coefficient (Wildman–Crippen LogP) is 0.179. The predicted molar refractivity (Wildman–Crippen MR) is 185 cm³/mol. The van der Waals surface area contributed by atoms with Crippen molar-refractivity contribution in [3.05, 3.63) is 71.3 Å². The fraction of sp³-hybridized carbons (Fsp3) is 0.438. The Hall–Kier alpha value is -5.13. The summed E-state index contributed by atoms with van der Waals surface area (Å²) >= 11 is 0. The lowest BCUT2D eigenvalue weighted by molar-refractivity contribution is -0.139. The van der Waals surface area contributed by atoms with E-state index in [0.29, 0.717) is 12.0 Å². The molecule has 3 aromatic rings. The van der Waals surface area contributed by atoms with E-state index in [4.69, 9.17) is 5.73 Å². The minimum atomic E-state index is -1.25. The Morgan fingerprint density at radius 2 is 1.36 bits per heavy atom. The number of amides is 4. The van der Waals surface area contributed by atoms with Gasteiger partial charge in [0.05, 0.1) is 25.2 Å². The fourth-order valence-corrected chi connectivity index (χ4v) is 4.80. The van der Waals surface area contributed by atoms with Gasteiger partial charge in [0.2, 0.25) is 0 Å². The maximum Gasteiger partial charge on any atom is 0.326 e. The summed E-state index contributed by atoms with van der Waals surface area (Å²) in [6.07, 6.45) is 2.92. The van der Waals surface area contributed by atoms with E-state index in [1.54, 1.807) is 37.3 Å². The minimum absolute atomic E-state index is 0. The van der Waals surface area contributed by atoms with E-state index in [2.05, 4.69) is 46.5 Å². The number of carbonyl (C=O) groups is 6. The number of hydrogen-bond donors (Lipinski definition) is 9. The van der Waals surface area contributed by atoms with Crippen LogP contribution in [-0.4, -0.2) is 104 Å². The van der Waals surface area contributed by atoms with Crippen molar-refractivity contribution in [3.8, 4) is 0 Å². The van der Waals surface area contributed by atoms with Crippen LogP contribution in [0, 0.1) is 5.92 Å². The molecule has 2 aromatic heterocycles. The molecule has 1 aromatic carbocycles. The Morgan fingerprint density at radius 3 is 1.90 bits per heavy atom. The van der Waals surface area contributed by atoms with Gasteiger partial charge in [-0.3, -0.25) is 24.0 Å². The van der Waals surface area contributed by atoms with E-state index in [-0.39, 0.29) is 79.0 Å². The lowest BCUT2D eigenvalue weighted by atomic mass is 10.0. The standard InChI is InChI=1S/C32H44N10O7.ClH/c1-17(2)10-21(13-34-14-23(43)19(4)40-29(45)25-24(35-15-36-25)28(44)39-18(3)12-33)41-30(46)26-27(38-16-37-26)31(47)42-22(32(48)49)11-20-8-6-5-7-9-20;/h5-9,15-19,21-22,34H,10-14,33H2,1-4H3,(H,35,36)(H,37,38)(H,39,44)(H,40,45)(H,41,46)(H,42,47)(H,48,49);1H/t18-,19-,21-,22-;/m0./s1. The van der Waals surface area contributed by atoms with Gasteiger partial charge >= 0.3 is 5.97 Å². The number of carboxylic acids is 1. The van der Waals surface area contributed by atoms with Crippen molar-refractivity contribution in [2.24, 2.45) is 11.7 Å². The number of Topliss-reactive ketones (excluding diaryl/α,β-unsaturated/α-hetero) is 1. The van der Waals surface area contributed by atoms with Crippen molar-refractivity contribution in [3.63, 3.8) is 0 Å². The monoisotopic (exact) mass is 716 g/mol. The number of rotatable bonds is 19. The summed E-state index contributed by atoms with van der Waals surface area (Å²) in [4.78, 5) is 89.4. The summed E-state index contributed by atoms with van der Waals surface area (Å²) in [5.41, 5.74) is 5.60. The minimum Gasteiger partial charge on any atom is -0.480 e. The second kappa shape index (κ2) is 19.8. The molecule has 0 unspecified atom stereocenters. The Labute approximate surface area is 295 Å². The van der Waals surface area contributed by atoms with Crippen LogP contribution >= 0.6 is 12.4 Å². The van der Waals surface area contributed by atoms with Crippen LogP contribution in [0.15, 0.2) is 43.0 Å². The van der Waals surface area contributed by atoms with Crippen LogP contribution in [0.2, 0.25) is 0 Å². The smallest absolute Gasteiger partial charge is 0.326 e. The maximum atomic E-state index is 13.2. The molecule has 18 heteroatoms. The molecule has 0 radical (unpaired) electrons. The van der Waals surface area contributed by atoms with Gasteiger partial charge in [-0.25, -0.2) is 14.8 Å². The van der Waals surface area contributed by atoms with Crippen molar-refractivity contribution >= 4 is 47.8 Å². The van der Waals surface area contributed by atoms with E-state index in [1.807, 2.05) is 13.8 Å². The molecule has 0 saturated carbocycles. The molecule has 4 amide bonds. The highest BCUT2D eigenvalue weighted by molar-refractivity contribution is 6.06. The lowest BCUT2D eigenvalue weighted by Gasteiger charge is -2.21. The van der Waals surface area contributed by atoms with Gasteiger partial charge in [-0.05, 0) is 31.7 Å². The third-order valence-corrected chi connectivity index (χ3v) is 7.39. The average molecular weight is 717 g/mol. The molecule has 0 aliphatic heterocycles. The number of nitrogens with one attached hydrogen (secondary N) is 7. The quantitative estimate of drug-likeness (QED) is 0.0808. The van der Waals surface area contributed by atoms with E-state index >= 15 is 0 Å². The molecular weight excluding hydrogens is 672 g/mol. The number of carboxylic acid groups (broad SMARTS) is 1. The Balaban J connectivity index is 0.00000867. The summed E-state index contributed by atoms with van der Waals surface area (Å²) in [5.74, 6) is -4.20. The molecule has 0 bridgehead atoms. The molecule has 0 spiro atoms. The van der Waals surface area contributed by atoms with Crippen LogP contribution < -0.4 is 32.3 Å². The number of H-pyrrole nitrogens is 2. The van der Waals surface area contributed by atoms with Gasteiger partial charge in [-0.15, -0.1) is 12.4 Å². The first-order valence-corrected chi connectivity index (χ1v) is 15.8. The number of ketones is 1. The van der Waals surface area contributed by atoms with Crippen LogP contribution in [0.4, 0.5) is 0 Å². The Bertz CT molecular complexity index is 1610. The highest BCUT2D eigenvalue weighted by atomic mass is 35.5. The highest BCUT2D eigenvalue weighted by Gasteiger charge is 2.28. The van der Waals surface area contributed by atoms with Crippen molar-refractivity contribution in [2.75, 3.05) is 19.6 Å². The number of nitrogens with two attached hydrogens (primary N) is 1. The van der Waals surface area contributed by atoms with Gasteiger partial charge < -0.3 is 47.4 Å². The maximum absolute atomic E-state index is 13.2. The first-order chi connectivity index (χ1) is 23.3. The zero-order chi connectivity index (χ0) is 36.1. The number of aliphatic carboxylic acids is 1. The number of aromatic nitrogens is 4. The number of benzene rings is 1. The van der Waals surface area contributed by atoms with E-state index in [1.165, 1.54) is 19.6 Å². The molecule has 4 atom stereocenters. The van der Waals surface area contributed by atoms with E-state index < -0.39 is 47.7 Å². The van der Waals surface area contributed by atoms with Crippen LogP contribution in [-0.2, 0) is 16.0 Å². The molecule has 0 saturated heterocycles. The first-order valence-electron chi connectivity index (χ1n) is 15.8. The van der Waals surface area contributed by atoms with Gasteiger partial charge in [-0.2, -0.15) is 0 Å². The zero-order valence-electron chi connectivity index (χ0n) is 28.2. The fourth-order valence-electron chi connectivity index (χ4n) is 4.80. The summed E-state index contributed by atoms with van der Waals surface area (Å²) < 4.78 is 0. The van der Waals surface area contributed by atoms with Gasteiger partial charge in [-0.1, -0.05) is 44.2 Å². The van der Waals surface area contributed by atoms with Gasteiger partial charge in [0.25, 0.3) is 23.6 Å². The molecule has 0 aliphatic carbocycles. The summed E-state index contributed by atoms with van der Waals surface area (Å²) in [6, 6.07) is 5.81. The molecule has 10 N–H and O–H groups in total. The Morgan fingerprint density at radius 1 is 0.800 bits per heavy atom. The van der Waals surface area contributed by atoms with E-state index in [9.17, 15) is 33.9 Å². The number of carbonyl (C=O) groups excluding carboxylic acids is 5. The molecule has 272 valence electrons. The first kappa shape index (κ1) is 41.0. The lowest BCUT2D eigenvalue weighted by Crippen LogP contribution is -2.47. The molecule has 2 heterocycles. The van der Waals surface area contributed by atoms with Crippen LogP contribution in [0.25, 0.3) is 0 Å². The number of imidazole rings is 2. The number of halogens is 1. The number of aromatic amines is 2. The second-order valence-corrected chi connectivity index (χ2v) is 12.0. The molecule has 0 aliphatic rings. The van der Waals surface area contributed by atoms with Gasteiger partial charge in [0, 0.05) is 31.6 Å². The third-order valence-electron chi connectivity index (χ3n) is 7.39. The second-order valence-electron chi connectivity index (χ2n) is 12.0. The topological polar surface area (TPSA) is 266 Å². The summed E-state index contributed by atoms with van der Waals surface area (Å²) in [7, 11) is 0. The van der Waals surface area contributed by atoms with E-state index in [0.717, 1.165) is 0 Å². The zero-order valence-corrected chi connectivity index (χ0v) is 29.1. The SMILES string of the molecule is CC(C)C[C@@H](CNCC(=O)[C@H](C)NC(=O)c1[nH]cnc1C(=O)N[C@@H](C)CN)NC(=O)c1nc[nH]c1C(=O)N[C@@H](Cc1ccccc1)C(=O)O.Cl. The van der Waals surface area contributed by atoms with Gasteiger partial charge in [0.1, 0.15) is 17.4 Å². The van der Waals surface area contributed by atoms with Crippen LogP contribution in [0.1, 0.15) is 81.6 Å². The molecule has 0 fully saturated rings. The number of nitrogens with zero attached hydrogens (tertiary/aromatic N) is 2. The third kappa shape index (κ3) is 12.1.